The molecule has 1 aliphatic rings. The number of carbonyl (C=O) groups is 2. The number of hydrogen-bond acceptors (Lipinski definition) is 4. The number of aromatic nitrogens is 1. The number of carbonyl (C=O) groups excluding carboxylic acids is 2. The Labute approximate surface area is 187 Å². The van der Waals surface area contributed by atoms with Gasteiger partial charge >= 0.3 is 12.2 Å². The molecule has 0 spiro atoms. The third-order valence-corrected chi connectivity index (χ3v) is 5.36. The monoisotopic (exact) mass is 470 g/mol. The maximum Gasteiger partial charge on any atom is 0.417 e. The SMILES string of the molecule is CNC(=O)c1cc(O[C@H]2CC[C@@H](NC(=O)Nc3ccc(Cl)c(C(F)(F)F)c3)CC2)ccn1. The van der Waals surface area contributed by atoms with Crippen molar-refractivity contribution in [3.8, 4) is 5.75 Å². The molecule has 2 aromatic rings. The van der Waals surface area contributed by atoms with Crippen molar-refractivity contribution < 1.29 is 27.5 Å². The fourth-order valence-electron chi connectivity index (χ4n) is 3.43. The van der Waals surface area contributed by atoms with Gasteiger partial charge in [-0.15, -0.1) is 0 Å². The molecule has 1 aromatic heterocycles. The van der Waals surface area contributed by atoms with E-state index in [2.05, 4.69) is 20.9 Å². The van der Waals surface area contributed by atoms with Crippen LogP contribution in [-0.2, 0) is 6.18 Å². The standard InChI is InChI=1S/C21H22ClF3N4O3/c1-26-19(30)18-11-15(8-9-27-18)32-14-5-2-12(3-6-14)28-20(31)29-13-4-7-17(22)16(10-13)21(23,24)25/h4,7-12,14H,2-3,5-6H2,1H3,(H,26,30)(H2,28,29,31)/t12-,14+. The van der Waals surface area contributed by atoms with Gasteiger partial charge in [-0.25, -0.2) is 4.79 Å². The molecule has 0 saturated heterocycles. The molecule has 7 nitrogen and oxygen atoms in total. The Morgan fingerprint density at radius 3 is 2.50 bits per heavy atom. The van der Waals surface area contributed by atoms with Gasteiger partial charge in [-0.2, -0.15) is 13.2 Å². The zero-order valence-electron chi connectivity index (χ0n) is 17.1. The minimum atomic E-state index is -4.61. The quantitative estimate of drug-likeness (QED) is 0.594. The number of alkyl halides is 3. The summed E-state index contributed by atoms with van der Waals surface area (Å²) in [5.74, 6) is 0.230. The number of rotatable bonds is 5. The van der Waals surface area contributed by atoms with Crippen molar-refractivity contribution in [2.45, 2.75) is 44.0 Å². The van der Waals surface area contributed by atoms with Gasteiger partial charge in [0.05, 0.1) is 16.7 Å². The van der Waals surface area contributed by atoms with Crippen LogP contribution < -0.4 is 20.7 Å². The van der Waals surface area contributed by atoms with Crippen LogP contribution in [0.2, 0.25) is 5.02 Å². The molecule has 3 N–H and O–H groups in total. The van der Waals surface area contributed by atoms with Crippen LogP contribution in [0.3, 0.4) is 0 Å². The average Bonchev–Trinajstić information content (AvgIpc) is 2.75. The van der Waals surface area contributed by atoms with Crippen LogP contribution in [0.5, 0.6) is 5.75 Å². The van der Waals surface area contributed by atoms with Crippen LogP contribution in [0.15, 0.2) is 36.5 Å². The number of benzene rings is 1. The van der Waals surface area contributed by atoms with Gasteiger partial charge in [0.1, 0.15) is 11.4 Å². The molecule has 172 valence electrons. The van der Waals surface area contributed by atoms with Gasteiger partial charge < -0.3 is 20.7 Å². The van der Waals surface area contributed by atoms with E-state index in [4.69, 9.17) is 16.3 Å². The molecule has 0 atom stereocenters. The normalized spacial score (nSPS) is 18.5. The lowest BCUT2D eigenvalue weighted by Crippen LogP contribution is -2.41. The lowest BCUT2D eigenvalue weighted by Gasteiger charge is -2.29. The highest BCUT2D eigenvalue weighted by Gasteiger charge is 2.33. The van der Waals surface area contributed by atoms with Gasteiger partial charge in [-0.1, -0.05) is 11.6 Å². The van der Waals surface area contributed by atoms with Crippen molar-refractivity contribution in [1.29, 1.82) is 0 Å². The number of nitrogens with one attached hydrogen (secondary N) is 3. The van der Waals surface area contributed by atoms with Crippen molar-refractivity contribution in [1.82, 2.24) is 15.6 Å². The molecule has 0 bridgehead atoms. The van der Waals surface area contributed by atoms with Crippen LogP contribution in [0.25, 0.3) is 0 Å². The molecule has 1 heterocycles. The first kappa shape index (κ1) is 23.6. The number of urea groups is 1. The summed E-state index contributed by atoms with van der Waals surface area (Å²) in [5.41, 5.74) is -0.751. The van der Waals surface area contributed by atoms with Crippen molar-refractivity contribution in [3.05, 3.63) is 52.8 Å². The molecule has 11 heteroatoms. The minimum Gasteiger partial charge on any atom is -0.490 e. The van der Waals surface area contributed by atoms with Gasteiger partial charge in [0.15, 0.2) is 0 Å². The number of anilines is 1. The zero-order chi connectivity index (χ0) is 23.3. The maximum absolute atomic E-state index is 13.0. The highest BCUT2D eigenvalue weighted by molar-refractivity contribution is 6.31. The Hall–Kier alpha value is -3.01. The van der Waals surface area contributed by atoms with E-state index >= 15 is 0 Å². The summed E-state index contributed by atoms with van der Waals surface area (Å²) in [7, 11) is 1.52. The van der Waals surface area contributed by atoms with E-state index < -0.39 is 22.8 Å². The first-order valence-electron chi connectivity index (χ1n) is 9.94. The average molecular weight is 471 g/mol. The molecular formula is C21H22ClF3N4O3. The molecule has 32 heavy (non-hydrogen) atoms. The van der Waals surface area contributed by atoms with Gasteiger partial charge in [-0.3, -0.25) is 9.78 Å². The van der Waals surface area contributed by atoms with E-state index in [0.29, 0.717) is 31.4 Å². The number of halogens is 4. The lowest BCUT2D eigenvalue weighted by atomic mass is 9.93. The molecule has 0 unspecified atom stereocenters. The molecule has 1 aliphatic carbocycles. The first-order valence-corrected chi connectivity index (χ1v) is 10.3. The highest BCUT2D eigenvalue weighted by atomic mass is 35.5. The minimum absolute atomic E-state index is 0.000789. The maximum atomic E-state index is 13.0. The lowest BCUT2D eigenvalue weighted by molar-refractivity contribution is -0.137. The van der Waals surface area contributed by atoms with Crippen molar-refractivity contribution >= 4 is 29.2 Å². The molecule has 1 saturated carbocycles. The molecule has 3 rings (SSSR count). The summed E-state index contributed by atoms with van der Waals surface area (Å²) in [4.78, 5) is 27.9. The van der Waals surface area contributed by atoms with Gasteiger partial charge in [0, 0.05) is 31.0 Å². The number of nitrogens with zero attached hydrogens (tertiary/aromatic N) is 1. The fraction of sp³-hybridized carbons (Fsp3) is 0.381. The van der Waals surface area contributed by atoms with Crippen molar-refractivity contribution in [2.24, 2.45) is 0 Å². The van der Waals surface area contributed by atoms with Crippen LogP contribution in [0.4, 0.5) is 23.7 Å². The molecule has 0 aliphatic heterocycles. The summed E-state index contributed by atoms with van der Waals surface area (Å²) >= 11 is 5.59. The summed E-state index contributed by atoms with van der Waals surface area (Å²) in [6.45, 7) is 0. The van der Waals surface area contributed by atoms with E-state index in [1.54, 1.807) is 12.1 Å². The van der Waals surface area contributed by atoms with E-state index in [-0.39, 0.29) is 29.4 Å². The largest absolute Gasteiger partial charge is 0.490 e. The molecule has 1 fully saturated rings. The third-order valence-electron chi connectivity index (χ3n) is 5.03. The summed E-state index contributed by atoms with van der Waals surface area (Å²) in [6.07, 6.45) is -0.581. The topological polar surface area (TPSA) is 92.4 Å². The van der Waals surface area contributed by atoms with E-state index in [1.807, 2.05) is 0 Å². The van der Waals surface area contributed by atoms with Gasteiger partial charge in [0.2, 0.25) is 0 Å². The Morgan fingerprint density at radius 1 is 1.12 bits per heavy atom. The summed E-state index contributed by atoms with van der Waals surface area (Å²) in [5, 5.41) is 7.26. The Balaban J connectivity index is 1.49. The Bertz CT molecular complexity index is 979. The van der Waals surface area contributed by atoms with Crippen LogP contribution in [0, 0.1) is 0 Å². The molecule has 1 aromatic carbocycles. The van der Waals surface area contributed by atoms with Crippen LogP contribution >= 0.6 is 11.6 Å². The molecular weight excluding hydrogens is 449 g/mol. The summed E-state index contributed by atoms with van der Waals surface area (Å²) < 4.78 is 44.8. The predicted octanol–water partition coefficient (Wildman–Crippen LogP) is 4.63. The van der Waals surface area contributed by atoms with E-state index in [9.17, 15) is 22.8 Å². The highest BCUT2D eigenvalue weighted by Crippen LogP contribution is 2.36. The van der Waals surface area contributed by atoms with E-state index in [0.717, 1.165) is 12.1 Å². The molecule has 3 amide bonds. The summed E-state index contributed by atoms with van der Waals surface area (Å²) in [6, 6.07) is 5.72. The fourth-order valence-corrected chi connectivity index (χ4v) is 3.65. The van der Waals surface area contributed by atoms with Gasteiger partial charge in [-0.05, 0) is 49.9 Å². The van der Waals surface area contributed by atoms with Crippen molar-refractivity contribution in [3.63, 3.8) is 0 Å². The Morgan fingerprint density at radius 2 is 1.84 bits per heavy atom. The second kappa shape index (κ2) is 10.1. The van der Waals surface area contributed by atoms with Gasteiger partial charge in [0.25, 0.3) is 5.91 Å². The number of ether oxygens (including phenoxy) is 1. The van der Waals surface area contributed by atoms with Crippen LogP contribution in [0.1, 0.15) is 41.7 Å². The second-order valence-corrected chi connectivity index (χ2v) is 7.75. The second-order valence-electron chi connectivity index (χ2n) is 7.34. The first-order chi connectivity index (χ1) is 15.2. The van der Waals surface area contributed by atoms with E-state index in [1.165, 1.54) is 19.3 Å². The zero-order valence-corrected chi connectivity index (χ0v) is 17.9. The number of hydrogen-bond donors (Lipinski definition) is 3. The smallest absolute Gasteiger partial charge is 0.417 e. The van der Waals surface area contributed by atoms with Crippen molar-refractivity contribution in [2.75, 3.05) is 12.4 Å². The third kappa shape index (κ3) is 6.25. The Kier molecular flexibility index (Phi) is 7.44. The van der Waals surface area contributed by atoms with Crippen LogP contribution in [-0.4, -0.2) is 36.1 Å². The molecule has 0 radical (unpaired) electrons. The number of amides is 3. The predicted molar refractivity (Wildman–Crippen MR) is 113 cm³/mol. The number of pyridine rings is 1.